The predicted molar refractivity (Wildman–Crippen MR) is 154 cm³/mol. The third kappa shape index (κ3) is 4.38. The molecule has 2 aromatic heterocycles. The zero-order valence-corrected chi connectivity index (χ0v) is 24.2. The van der Waals surface area contributed by atoms with Crippen LogP contribution in [0.4, 0.5) is 14.6 Å². The summed E-state index contributed by atoms with van der Waals surface area (Å²) in [5.74, 6) is 0.314. The first kappa shape index (κ1) is 26.7. The Morgan fingerprint density at radius 3 is 2.69 bits per heavy atom. The highest BCUT2D eigenvalue weighted by Gasteiger charge is 2.49. The van der Waals surface area contributed by atoms with Crippen LogP contribution in [0.3, 0.4) is 0 Å². The average Bonchev–Trinajstić information content (AvgIpc) is 3.22. The van der Waals surface area contributed by atoms with Gasteiger partial charge in [0.15, 0.2) is 17.2 Å². The Labute approximate surface area is 247 Å². The minimum absolute atomic E-state index is 0.00992. The van der Waals surface area contributed by atoms with Gasteiger partial charge in [-0.15, -0.1) is 10.2 Å². The Morgan fingerprint density at radius 1 is 1.14 bits per heavy atom. The molecule has 5 aliphatic rings. The van der Waals surface area contributed by atoms with Crippen LogP contribution in [0.1, 0.15) is 56.9 Å². The van der Waals surface area contributed by atoms with Crippen molar-refractivity contribution in [1.82, 2.24) is 30.4 Å². The quantitative estimate of drug-likeness (QED) is 0.422. The number of ether oxygens (including phenoxy) is 1. The molecule has 42 heavy (non-hydrogen) atoms. The van der Waals surface area contributed by atoms with Crippen LogP contribution in [-0.2, 0) is 0 Å². The van der Waals surface area contributed by atoms with Gasteiger partial charge in [-0.25, -0.2) is 8.78 Å². The van der Waals surface area contributed by atoms with E-state index in [9.17, 15) is 9.50 Å². The predicted octanol–water partition coefficient (Wildman–Crippen LogP) is 4.60. The molecule has 0 radical (unpaired) electrons. The molecule has 3 aromatic rings. The lowest BCUT2D eigenvalue weighted by molar-refractivity contribution is 0.107. The van der Waals surface area contributed by atoms with Gasteiger partial charge in [0, 0.05) is 48.7 Å². The second-order valence-electron chi connectivity index (χ2n) is 13.0. The first-order chi connectivity index (χ1) is 20.3. The number of aromatic nitrogens is 4. The Bertz CT molecular complexity index is 1570. The zero-order valence-electron chi connectivity index (χ0n) is 23.5. The highest BCUT2D eigenvalue weighted by molar-refractivity contribution is 6.32. The summed E-state index contributed by atoms with van der Waals surface area (Å²) in [5, 5.41) is 23.2. The van der Waals surface area contributed by atoms with Crippen LogP contribution in [0, 0.1) is 11.7 Å². The van der Waals surface area contributed by atoms with Crippen LogP contribution in [0.25, 0.3) is 22.3 Å². The fourth-order valence-corrected chi connectivity index (χ4v) is 8.25. The maximum atomic E-state index is 16.6. The number of aromatic hydroxyl groups is 1. The van der Waals surface area contributed by atoms with E-state index in [4.69, 9.17) is 21.3 Å². The molecule has 1 aliphatic carbocycles. The van der Waals surface area contributed by atoms with Crippen LogP contribution in [-0.4, -0.2) is 86.8 Å². The maximum absolute atomic E-state index is 16.6. The number of anilines is 1. The van der Waals surface area contributed by atoms with Crippen molar-refractivity contribution in [3.63, 3.8) is 0 Å². The van der Waals surface area contributed by atoms with Gasteiger partial charge in [-0.3, -0.25) is 4.90 Å². The number of rotatable bonds is 6. The molecule has 4 aliphatic heterocycles. The number of benzene rings is 1. The van der Waals surface area contributed by atoms with Gasteiger partial charge in [0.2, 0.25) is 0 Å². The van der Waals surface area contributed by atoms with E-state index in [-0.39, 0.29) is 46.6 Å². The van der Waals surface area contributed by atoms with Crippen LogP contribution in [0.15, 0.2) is 12.1 Å². The van der Waals surface area contributed by atoms with Crippen molar-refractivity contribution in [3.05, 3.63) is 28.5 Å². The van der Waals surface area contributed by atoms with Gasteiger partial charge >= 0.3 is 6.01 Å². The molecule has 1 aromatic carbocycles. The molecule has 2 N–H and O–H groups in total. The molecular weight excluding hydrogens is 564 g/mol. The molecule has 5 fully saturated rings. The monoisotopic (exact) mass is 597 g/mol. The Morgan fingerprint density at radius 2 is 1.93 bits per heavy atom. The number of hydrogen-bond donors (Lipinski definition) is 2. The molecule has 0 spiro atoms. The molecule has 12 heteroatoms. The van der Waals surface area contributed by atoms with E-state index in [1.807, 2.05) is 0 Å². The largest absolute Gasteiger partial charge is 0.508 e. The molecule has 6 heterocycles. The normalized spacial score (nSPS) is 32.1. The molecule has 2 bridgehead atoms. The van der Waals surface area contributed by atoms with Crippen molar-refractivity contribution >= 4 is 28.5 Å². The third-order valence-corrected chi connectivity index (χ3v) is 10.4. The first-order valence-electron chi connectivity index (χ1n) is 15.1. The molecule has 2 unspecified atom stereocenters. The van der Waals surface area contributed by atoms with Crippen LogP contribution in [0.2, 0.25) is 5.02 Å². The number of fused-ring (bicyclic) bond motifs is 4. The van der Waals surface area contributed by atoms with Gasteiger partial charge in [-0.2, -0.15) is 9.97 Å². The summed E-state index contributed by atoms with van der Waals surface area (Å²) in [6, 6.07) is 3.67. The number of alkyl halides is 1. The topological polar surface area (TPSA) is 99.5 Å². The standard InChI is InChI=1S/C30H34ClF2N7O2/c1-15-7-20(15)23-21(8-19(41)9-22(23)31)25-24(33)26-27(38-37-25)28(39-12-17-3-4-18(13-39)34-17)36-29(35-26)42-14-30-5-2-6-40(30)11-16(32)10-30/h8-9,15-18,20,34,41H,2-7,10-14H2,1H3/t15-,16-,17?,18?,20-,30+/m1/s1. The third-order valence-electron chi connectivity index (χ3n) is 10.1. The zero-order chi connectivity index (χ0) is 28.7. The van der Waals surface area contributed by atoms with Crippen molar-refractivity contribution in [2.45, 2.75) is 75.2 Å². The van der Waals surface area contributed by atoms with E-state index in [2.05, 4.69) is 37.2 Å². The molecule has 0 amide bonds. The SMILES string of the molecule is C[C@@H]1C[C@H]1c1c(Cl)cc(O)cc1-c1nnc2c(N3CC4CCC(C3)N4)nc(OC[C@@]34CCCN3C[C@H](F)C4)nc2c1F. The minimum Gasteiger partial charge on any atom is -0.508 e. The van der Waals surface area contributed by atoms with Gasteiger partial charge in [0.1, 0.15) is 29.7 Å². The van der Waals surface area contributed by atoms with E-state index in [1.54, 1.807) is 0 Å². The summed E-state index contributed by atoms with van der Waals surface area (Å²) < 4.78 is 37.3. The average molecular weight is 598 g/mol. The Balaban J connectivity index is 1.23. The smallest absolute Gasteiger partial charge is 0.319 e. The molecule has 1 saturated carbocycles. The highest BCUT2D eigenvalue weighted by Crippen LogP contribution is 2.53. The number of piperazine rings is 1. The van der Waals surface area contributed by atoms with Gasteiger partial charge < -0.3 is 20.1 Å². The van der Waals surface area contributed by atoms with Crippen molar-refractivity contribution in [3.8, 4) is 23.0 Å². The summed E-state index contributed by atoms with van der Waals surface area (Å²) in [6.07, 6.45) is 4.44. The highest BCUT2D eigenvalue weighted by atomic mass is 35.5. The molecule has 4 saturated heterocycles. The van der Waals surface area contributed by atoms with Crippen molar-refractivity contribution in [2.24, 2.45) is 5.92 Å². The summed E-state index contributed by atoms with van der Waals surface area (Å²) in [7, 11) is 0. The lowest BCUT2D eigenvalue weighted by atomic mass is 9.95. The van der Waals surface area contributed by atoms with Crippen LogP contribution in [0.5, 0.6) is 11.8 Å². The fraction of sp³-hybridized carbons (Fsp3) is 0.600. The Hall–Kier alpha value is -2.89. The number of halogens is 3. The van der Waals surface area contributed by atoms with Gasteiger partial charge in [-0.1, -0.05) is 18.5 Å². The van der Waals surface area contributed by atoms with Gasteiger partial charge in [0.25, 0.3) is 0 Å². The molecule has 222 valence electrons. The van der Waals surface area contributed by atoms with Gasteiger partial charge in [0.05, 0.1) is 5.54 Å². The summed E-state index contributed by atoms with van der Waals surface area (Å²) in [5.41, 5.74) is 1.06. The van der Waals surface area contributed by atoms with Crippen molar-refractivity contribution in [2.75, 3.05) is 37.7 Å². The van der Waals surface area contributed by atoms with Crippen LogP contribution >= 0.6 is 11.6 Å². The number of phenolic OH excluding ortho intramolecular Hbond substituents is 1. The van der Waals surface area contributed by atoms with Gasteiger partial charge in [-0.05, 0) is 68.2 Å². The summed E-state index contributed by atoms with van der Waals surface area (Å²) >= 11 is 6.58. The lowest BCUT2D eigenvalue weighted by Gasteiger charge is -2.34. The Kier molecular flexibility index (Phi) is 6.25. The second-order valence-corrected chi connectivity index (χ2v) is 13.4. The number of nitrogens with one attached hydrogen (secondary N) is 1. The molecule has 6 atom stereocenters. The lowest BCUT2D eigenvalue weighted by Crippen LogP contribution is -2.51. The molecule has 9 nitrogen and oxygen atoms in total. The van der Waals surface area contributed by atoms with E-state index in [0.717, 1.165) is 44.2 Å². The number of phenols is 1. The minimum atomic E-state index is -0.883. The molecular formula is C30H34ClF2N7O2. The maximum Gasteiger partial charge on any atom is 0.319 e. The van der Waals surface area contributed by atoms with E-state index in [1.165, 1.54) is 12.1 Å². The summed E-state index contributed by atoms with van der Waals surface area (Å²) in [4.78, 5) is 13.6. The van der Waals surface area contributed by atoms with Crippen molar-refractivity contribution in [1.29, 1.82) is 0 Å². The second kappa shape index (κ2) is 9.82. The van der Waals surface area contributed by atoms with E-state index >= 15 is 4.39 Å². The van der Waals surface area contributed by atoms with Crippen LogP contribution < -0.4 is 15.0 Å². The van der Waals surface area contributed by atoms with E-state index < -0.39 is 12.0 Å². The van der Waals surface area contributed by atoms with Crippen molar-refractivity contribution < 1.29 is 18.6 Å². The number of hydrogen-bond acceptors (Lipinski definition) is 9. The molecule has 8 rings (SSSR count). The summed E-state index contributed by atoms with van der Waals surface area (Å²) in [6.45, 7) is 5.03. The van der Waals surface area contributed by atoms with E-state index in [0.29, 0.717) is 60.5 Å². The first-order valence-corrected chi connectivity index (χ1v) is 15.5. The fourth-order valence-electron chi connectivity index (χ4n) is 7.90. The number of nitrogens with zero attached hydrogens (tertiary/aromatic N) is 6.